The molecule has 0 unspecified atom stereocenters. The van der Waals surface area contributed by atoms with Crippen molar-refractivity contribution < 1.29 is 18.1 Å². The summed E-state index contributed by atoms with van der Waals surface area (Å²) in [4.78, 5) is 6.48. The minimum atomic E-state index is -3.67. The van der Waals surface area contributed by atoms with Gasteiger partial charge in [-0.2, -0.15) is 8.42 Å². The average Bonchev–Trinajstić information content (AvgIpc) is 2.16. The Morgan fingerprint density at radius 2 is 2.12 bits per heavy atom. The molecule has 2 N–H and O–H groups in total. The number of aliphatic imine (C=N–C) groups is 1. The second-order valence-electron chi connectivity index (χ2n) is 3.17. The molecule has 0 aliphatic carbocycles. The molecular weight excluding hydrogens is 252 g/mol. The van der Waals surface area contributed by atoms with Gasteiger partial charge in [0.2, 0.25) is 0 Å². The summed E-state index contributed by atoms with van der Waals surface area (Å²) in [6.45, 7) is 2.93. The maximum absolute atomic E-state index is 9.19. The Morgan fingerprint density at radius 1 is 1.56 bits per heavy atom. The van der Waals surface area contributed by atoms with Crippen LogP contribution < -0.4 is 0 Å². The van der Waals surface area contributed by atoms with Gasteiger partial charge in [-0.1, -0.05) is 11.8 Å². The van der Waals surface area contributed by atoms with E-state index in [1.165, 1.54) is 0 Å². The van der Waals surface area contributed by atoms with Gasteiger partial charge in [-0.3, -0.25) is 9.55 Å². The van der Waals surface area contributed by atoms with Gasteiger partial charge in [-0.15, -0.1) is 0 Å². The Kier molecular flexibility index (Phi) is 7.73. The number of aliphatic hydroxyl groups is 1. The number of hydrogen-bond acceptors (Lipinski definition) is 6. The predicted molar refractivity (Wildman–Crippen MR) is 66.6 cm³/mol. The second kappa shape index (κ2) is 7.88. The van der Waals surface area contributed by atoms with Gasteiger partial charge in [0, 0.05) is 19.6 Å². The second-order valence-corrected chi connectivity index (χ2v) is 5.41. The fraction of sp³-hybridized carbons (Fsp3) is 0.875. The zero-order chi connectivity index (χ0) is 12.6. The number of β-amino-alcohol motifs (C(OH)–C–C–N with tert-alkyl or cyclic N) is 1. The van der Waals surface area contributed by atoms with E-state index in [1.807, 2.05) is 6.26 Å². The molecule has 0 aromatic rings. The van der Waals surface area contributed by atoms with E-state index >= 15 is 0 Å². The lowest BCUT2D eigenvalue weighted by Gasteiger charge is -2.27. The van der Waals surface area contributed by atoms with Crippen molar-refractivity contribution in [3.63, 3.8) is 0 Å². The van der Waals surface area contributed by atoms with E-state index in [0.29, 0.717) is 6.26 Å². The van der Waals surface area contributed by atoms with Crippen LogP contribution in [0.4, 0.5) is 0 Å². The van der Waals surface area contributed by atoms with E-state index in [9.17, 15) is 8.42 Å². The highest BCUT2D eigenvalue weighted by Gasteiger charge is 2.12. The SMILES string of the molecule is CS(=O)(=O)O.CSC1=NCCCN1CCO. The van der Waals surface area contributed by atoms with Gasteiger partial charge in [0.15, 0.2) is 5.17 Å². The molecule has 0 aromatic heterocycles. The van der Waals surface area contributed by atoms with Crippen molar-refractivity contribution in [1.82, 2.24) is 4.90 Å². The molecule has 0 saturated carbocycles. The average molecular weight is 270 g/mol. The number of aliphatic hydroxyl groups excluding tert-OH is 1. The van der Waals surface area contributed by atoms with Crippen molar-refractivity contribution >= 4 is 27.0 Å². The van der Waals surface area contributed by atoms with Crippen LogP contribution in [0.1, 0.15) is 6.42 Å². The smallest absolute Gasteiger partial charge is 0.261 e. The predicted octanol–water partition coefficient (Wildman–Crippen LogP) is -0.0926. The normalized spacial score (nSPS) is 16.2. The van der Waals surface area contributed by atoms with Crippen molar-refractivity contribution in [2.75, 3.05) is 38.8 Å². The molecule has 0 amide bonds. The quantitative estimate of drug-likeness (QED) is 0.681. The van der Waals surface area contributed by atoms with Crippen LogP contribution in [0.25, 0.3) is 0 Å². The Bertz CT molecular complexity index is 308. The summed E-state index contributed by atoms with van der Waals surface area (Å²) >= 11 is 1.66. The molecule has 1 aliphatic rings. The highest BCUT2D eigenvalue weighted by Crippen LogP contribution is 2.10. The molecule has 6 nitrogen and oxygen atoms in total. The highest BCUT2D eigenvalue weighted by molar-refractivity contribution is 8.13. The Morgan fingerprint density at radius 3 is 2.56 bits per heavy atom. The van der Waals surface area contributed by atoms with Crippen LogP contribution >= 0.6 is 11.8 Å². The van der Waals surface area contributed by atoms with E-state index in [2.05, 4.69) is 9.89 Å². The summed E-state index contributed by atoms with van der Waals surface area (Å²) in [6, 6.07) is 0. The maximum atomic E-state index is 9.19. The molecule has 0 atom stereocenters. The van der Waals surface area contributed by atoms with Gasteiger partial charge in [0.25, 0.3) is 10.1 Å². The van der Waals surface area contributed by atoms with E-state index < -0.39 is 10.1 Å². The van der Waals surface area contributed by atoms with Crippen LogP contribution in [0.5, 0.6) is 0 Å². The molecule has 0 radical (unpaired) electrons. The monoisotopic (exact) mass is 270 g/mol. The summed E-state index contributed by atoms with van der Waals surface area (Å²) in [5, 5.41) is 9.80. The fourth-order valence-electron chi connectivity index (χ4n) is 1.15. The zero-order valence-electron chi connectivity index (χ0n) is 9.46. The number of hydrogen-bond donors (Lipinski definition) is 2. The van der Waals surface area contributed by atoms with Crippen molar-refractivity contribution in [2.24, 2.45) is 4.99 Å². The molecule has 0 aromatic carbocycles. The lowest BCUT2D eigenvalue weighted by atomic mass is 10.3. The van der Waals surface area contributed by atoms with E-state index in [0.717, 1.165) is 31.2 Å². The first kappa shape index (κ1) is 15.7. The number of thioether (sulfide) groups is 1. The maximum Gasteiger partial charge on any atom is 0.261 e. The standard InChI is InChI=1S/C7H14N2OS.CH4O3S/c1-11-7-8-3-2-4-9(7)5-6-10;1-5(2,3)4/h10H,2-6H2,1H3;1H3,(H,2,3,4). The third-order valence-electron chi connectivity index (χ3n) is 1.66. The molecule has 8 heteroatoms. The van der Waals surface area contributed by atoms with Crippen LogP contribution in [-0.4, -0.2) is 66.9 Å². The molecule has 0 bridgehead atoms. The fourth-order valence-corrected chi connectivity index (χ4v) is 1.81. The molecular formula is C8H18N2O4S2. The summed E-state index contributed by atoms with van der Waals surface area (Å²) in [5.74, 6) is 0. The van der Waals surface area contributed by atoms with Crippen LogP contribution in [0.15, 0.2) is 4.99 Å². The number of rotatable bonds is 2. The van der Waals surface area contributed by atoms with Crippen LogP contribution in [0, 0.1) is 0 Å². The molecule has 1 aliphatic heterocycles. The van der Waals surface area contributed by atoms with Crippen molar-refractivity contribution in [2.45, 2.75) is 6.42 Å². The van der Waals surface area contributed by atoms with Gasteiger partial charge in [0.05, 0.1) is 12.9 Å². The third kappa shape index (κ3) is 8.96. The van der Waals surface area contributed by atoms with Crippen LogP contribution in [-0.2, 0) is 10.1 Å². The number of nitrogens with zero attached hydrogens (tertiary/aromatic N) is 2. The van der Waals surface area contributed by atoms with E-state index in [1.54, 1.807) is 11.8 Å². The van der Waals surface area contributed by atoms with E-state index in [-0.39, 0.29) is 6.61 Å². The molecule has 0 saturated heterocycles. The largest absolute Gasteiger partial charge is 0.395 e. The summed E-state index contributed by atoms with van der Waals surface area (Å²) in [5.41, 5.74) is 0. The molecule has 16 heavy (non-hydrogen) atoms. The lowest BCUT2D eigenvalue weighted by molar-refractivity contribution is 0.247. The van der Waals surface area contributed by atoms with Gasteiger partial charge >= 0.3 is 0 Å². The minimum Gasteiger partial charge on any atom is -0.395 e. The van der Waals surface area contributed by atoms with Crippen molar-refractivity contribution in [1.29, 1.82) is 0 Å². The van der Waals surface area contributed by atoms with Crippen molar-refractivity contribution in [3.8, 4) is 0 Å². The molecule has 1 heterocycles. The Labute approximate surface area is 100 Å². The van der Waals surface area contributed by atoms with Gasteiger partial charge in [-0.05, 0) is 12.7 Å². The minimum absolute atomic E-state index is 0.222. The summed E-state index contributed by atoms with van der Waals surface area (Å²) in [6.07, 6.45) is 3.85. The molecule has 96 valence electrons. The summed E-state index contributed by atoms with van der Waals surface area (Å²) < 4.78 is 25.9. The highest BCUT2D eigenvalue weighted by atomic mass is 32.2. The topological polar surface area (TPSA) is 90.2 Å². The molecule has 1 rings (SSSR count). The first-order valence-corrected chi connectivity index (χ1v) is 7.82. The third-order valence-corrected chi connectivity index (χ3v) is 2.41. The first-order valence-electron chi connectivity index (χ1n) is 4.75. The Hall–Kier alpha value is -0.310. The summed E-state index contributed by atoms with van der Waals surface area (Å²) in [7, 11) is -3.67. The van der Waals surface area contributed by atoms with E-state index in [4.69, 9.17) is 9.66 Å². The van der Waals surface area contributed by atoms with Gasteiger partial charge < -0.3 is 10.0 Å². The van der Waals surface area contributed by atoms with Crippen LogP contribution in [0.2, 0.25) is 0 Å². The molecule has 0 spiro atoms. The molecule has 0 fully saturated rings. The zero-order valence-corrected chi connectivity index (χ0v) is 11.1. The van der Waals surface area contributed by atoms with Crippen molar-refractivity contribution in [3.05, 3.63) is 0 Å². The lowest BCUT2D eigenvalue weighted by Crippen LogP contribution is -2.35. The Balaban J connectivity index is 0.000000385. The van der Waals surface area contributed by atoms with Crippen LogP contribution in [0.3, 0.4) is 0 Å². The first-order chi connectivity index (χ1) is 7.38. The number of amidine groups is 1. The van der Waals surface area contributed by atoms with Gasteiger partial charge in [0.1, 0.15) is 0 Å². The van der Waals surface area contributed by atoms with Gasteiger partial charge in [-0.25, -0.2) is 0 Å².